The van der Waals surface area contributed by atoms with Gasteiger partial charge in [0.05, 0.1) is 6.54 Å². The first-order chi connectivity index (χ1) is 11.7. The number of carbonyl (C=O) groups is 1. The molecule has 0 aliphatic carbocycles. The highest BCUT2D eigenvalue weighted by Gasteiger charge is 2.38. The first-order valence-electron chi connectivity index (χ1n) is 9.45. The van der Waals surface area contributed by atoms with Gasteiger partial charge in [-0.15, -0.1) is 24.8 Å². The fourth-order valence-electron chi connectivity index (χ4n) is 4.20. The lowest BCUT2D eigenvalue weighted by atomic mass is 9.83. The maximum atomic E-state index is 12.3. The molecule has 26 heavy (non-hydrogen) atoms. The lowest BCUT2D eigenvalue weighted by molar-refractivity contribution is -0.141. The maximum absolute atomic E-state index is 12.3. The SMILES string of the molecule is CCCc1ccc(CN2CC[C@@H]3[C@@H](CCC(=O)N3CCNC)C2)o1.Cl.Cl. The summed E-state index contributed by atoms with van der Waals surface area (Å²) in [6.45, 7) is 6.93. The molecule has 0 unspecified atom stereocenters. The summed E-state index contributed by atoms with van der Waals surface area (Å²) in [4.78, 5) is 16.9. The Hall–Kier alpha value is -0.750. The quantitative estimate of drug-likeness (QED) is 0.756. The lowest BCUT2D eigenvalue weighted by Crippen LogP contribution is -2.56. The van der Waals surface area contributed by atoms with E-state index in [9.17, 15) is 4.79 Å². The number of hydrogen-bond donors (Lipinski definition) is 1. The predicted octanol–water partition coefficient (Wildman–Crippen LogP) is 3.11. The molecule has 2 atom stereocenters. The van der Waals surface area contributed by atoms with Crippen LogP contribution in [0.15, 0.2) is 16.5 Å². The molecule has 3 rings (SSSR count). The van der Waals surface area contributed by atoms with Crippen molar-refractivity contribution in [3.63, 3.8) is 0 Å². The summed E-state index contributed by atoms with van der Waals surface area (Å²) in [6, 6.07) is 4.67. The van der Waals surface area contributed by atoms with Crippen LogP contribution in [0.2, 0.25) is 0 Å². The normalized spacial score (nSPS) is 23.2. The van der Waals surface area contributed by atoms with E-state index in [1.54, 1.807) is 0 Å². The molecule has 1 N–H and O–H groups in total. The Kier molecular flexibility index (Phi) is 10.0. The molecule has 0 radical (unpaired) electrons. The molecular weight excluding hydrogens is 373 g/mol. The standard InChI is InChI=1S/C19H31N3O2.2ClH/c1-3-4-16-6-7-17(24-16)14-21-11-9-18-15(13-21)5-8-19(23)22(18)12-10-20-2;;/h6-7,15,18,20H,3-5,8-14H2,1-2H3;2*1H/t15-,18+;;/m0../s1. The molecule has 150 valence electrons. The van der Waals surface area contributed by atoms with Crippen LogP contribution in [0.3, 0.4) is 0 Å². The predicted molar refractivity (Wildman–Crippen MR) is 109 cm³/mol. The molecule has 1 aromatic rings. The molecule has 2 aliphatic rings. The van der Waals surface area contributed by atoms with E-state index < -0.39 is 0 Å². The van der Waals surface area contributed by atoms with E-state index in [0.717, 1.165) is 69.9 Å². The number of hydrogen-bond acceptors (Lipinski definition) is 4. The third-order valence-corrected chi connectivity index (χ3v) is 5.42. The van der Waals surface area contributed by atoms with Crippen molar-refractivity contribution in [2.45, 2.75) is 51.6 Å². The Morgan fingerprint density at radius 2 is 2.00 bits per heavy atom. The number of amides is 1. The molecule has 0 bridgehead atoms. The third kappa shape index (κ3) is 5.62. The van der Waals surface area contributed by atoms with Crippen LogP contribution in [0.1, 0.15) is 44.1 Å². The van der Waals surface area contributed by atoms with Gasteiger partial charge in [0.15, 0.2) is 0 Å². The van der Waals surface area contributed by atoms with Crippen molar-refractivity contribution in [2.24, 2.45) is 5.92 Å². The number of fused-ring (bicyclic) bond motifs is 1. The summed E-state index contributed by atoms with van der Waals surface area (Å²) in [5, 5.41) is 3.17. The van der Waals surface area contributed by atoms with Crippen LogP contribution < -0.4 is 5.32 Å². The molecular formula is C19H33Cl2N3O2. The van der Waals surface area contributed by atoms with Gasteiger partial charge in [0.2, 0.25) is 5.91 Å². The number of halogens is 2. The minimum atomic E-state index is 0. The lowest BCUT2D eigenvalue weighted by Gasteiger charge is -2.47. The summed E-state index contributed by atoms with van der Waals surface area (Å²) < 4.78 is 5.94. The number of piperidine rings is 2. The second-order valence-corrected chi connectivity index (χ2v) is 7.20. The van der Waals surface area contributed by atoms with Crippen LogP contribution in [0.25, 0.3) is 0 Å². The van der Waals surface area contributed by atoms with Gasteiger partial charge >= 0.3 is 0 Å². The van der Waals surface area contributed by atoms with E-state index in [0.29, 0.717) is 24.3 Å². The molecule has 2 fully saturated rings. The molecule has 0 spiro atoms. The van der Waals surface area contributed by atoms with Gasteiger partial charge in [-0.05, 0) is 44.4 Å². The maximum Gasteiger partial charge on any atom is 0.222 e. The summed E-state index contributed by atoms with van der Waals surface area (Å²) in [5.41, 5.74) is 0. The van der Waals surface area contributed by atoms with E-state index in [-0.39, 0.29) is 24.8 Å². The molecule has 0 aromatic carbocycles. The second kappa shape index (κ2) is 11.2. The van der Waals surface area contributed by atoms with Crippen LogP contribution >= 0.6 is 24.8 Å². The van der Waals surface area contributed by atoms with Crippen molar-refractivity contribution in [3.05, 3.63) is 23.7 Å². The number of carbonyl (C=O) groups excluding carboxylic acids is 1. The molecule has 1 amide bonds. The number of furan rings is 1. The van der Waals surface area contributed by atoms with E-state index >= 15 is 0 Å². The minimum Gasteiger partial charge on any atom is -0.465 e. The fourth-order valence-corrected chi connectivity index (χ4v) is 4.20. The highest BCUT2D eigenvalue weighted by molar-refractivity contribution is 5.85. The van der Waals surface area contributed by atoms with Crippen molar-refractivity contribution in [1.29, 1.82) is 0 Å². The van der Waals surface area contributed by atoms with Crippen LogP contribution in [0, 0.1) is 5.92 Å². The summed E-state index contributed by atoms with van der Waals surface area (Å²) >= 11 is 0. The highest BCUT2D eigenvalue weighted by atomic mass is 35.5. The second-order valence-electron chi connectivity index (χ2n) is 7.20. The highest BCUT2D eigenvalue weighted by Crippen LogP contribution is 2.31. The topological polar surface area (TPSA) is 48.7 Å². The van der Waals surface area contributed by atoms with Gasteiger partial charge in [-0.2, -0.15) is 0 Å². The summed E-state index contributed by atoms with van der Waals surface area (Å²) in [7, 11) is 1.95. The fraction of sp³-hybridized carbons (Fsp3) is 0.737. The minimum absolute atomic E-state index is 0. The van der Waals surface area contributed by atoms with Crippen molar-refractivity contribution in [1.82, 2.24) is 15.1 Å². The molecule has 0 saturated carbocycles. The zero-order chi connectivity index (χ0) is 16.9. The molecule has 7 heteroatoms. The van der Waals surface area contributed by atoms with Crippen LogP contribution in [0.4, 0.5) is 0 Å². The van der Waals surface area contributed by atoms with Crippen LogP contribution in [-0.2, 0) is 17.8 Å². The van der Waals surface area contributed by atoms with Crippen molar-refractivity contribution >= 4 is 30.7 Å². The molecule has 2 aliphatic heterocycles. The average Bonchev–Trinajstić information content (AvgIpc) is 3.01. The summed E-state index contributed by atoms with van der Waals surface area (Å²) in [5.74, 6) is 3.13. The van der Waals surface area contributed by atoms with Gasteiger partial charge in [-0.25, -0.2) is 0 Å². The number of nitrogens with one attached hydrogen (secondary N) is 1. The number of aryl methyl sites for hydroxylation is 1. The smallest absolute Gasteiger partial charge is 0.222 e. The van der Waals surface area contributed by atoms with E-state index in [4.69, 9.17) is 4.42 Å². The zero-order valence-electron chi connectivity index (χ0n) is 15.9. The van der Waals surface area contributed by atoms with Gasteiger partial charge in [-0.1, -0.05) is 6.92 Å². The van der Waals surface area contributed by atoms with Crippen LogP contribution in [-0.4, -0.2) is 55.0 Å². The largest absolute Gasteiger partial charge is 0.465 e. The molecule has 1 aromatic heterocycles. The Morgan fingerprint density at radius 1 is 1.23 bits per heavy atom. The molecule has 2 saturated heterocycles. The first kappa shape index (κ1) is 23.3. The van der Waals surface area contributed by atoms with Crippen molar-refractivity contribution in [2.75, 3.05) is 33.2 Å². The summed E-state index contributed by atoms with van der Waals surface area (Å²) in [6.07, 6.45) is 4.97. The van der Waals surface area contributed by atoms with Crippen LogP contribution in [0.5, 0.6) is 0 Å². The monoisotopic (exact) mass is 405 g/mol. The first-order valence-corrected chi connectivity index (χ1v) is 9.45. The number of rotatable bonds is 7. The number of nitrogens with zero attached hydrogens (tertiary/aromatic N) is 2. The van der Waals surface area contributed by atoms with E-state index in [2.05, 4.69) is 34.2 Å². The van der Waals surface area contributed by atoms with Gasteiger partial charge in [0, 0.05) is 45.1 Å². The van der Waals surface area contributed by atoms with Crippen molar-refractivity contribution < 1.29 is 9.21 Å². The zero-order valence-corrected chi connectivity index (χ0v) is 17.5. The number of likely N-dealkylation sites (N-methyl/N-ethyl adjacent to an activating group) is 1. The van der Waals surface area contributed by atoms with Gasteiger partial charge in [-0.3, -0.25) is 9.69 Å². The third-order valence-electron chi connectivity index (χ3n) is 5.42. The van der Waals surface area contributed by atoms with Crippen molar-refractivity contribution in [3.8, 4) is 0 Å². The number of likely N-dealkylation sites (tertiary alicyclic amines) is 2. The molecule has 3 heterocycles. The average molecular weight is 406 g/mol. The van der Waals surface area contributed by atoms with Gasteiger partial charge < -0.3 is 14.6 Å². The Balaban J connectivity index is 0.00000169. The van der Waals surface area contributed by atoms with E-state index in [1.807, 2.05) is 7.05 Å². The van der Waals surface area contributed by atoms with E-state index in [1.165, 1.54) is 0 Å². The Morgan fingerprint density at radius 3 is 2.73 bits per heavy atom. The van der Waals surface area contributed by atoms with Gasteiger partial charge in [0.25, 0.3) is 0 Å². The Labute approximate surface area is 169 Å². The van der Waals surface area contributed by atoms with Gasteiger partial charge in [0.1, 0.15) is 11.5 Å². The Bertz CT molecular complexity index is 553. The molecule has 5 nitrogen and oxygen atoms in total.